The summed E-state index contributed by atoms with van der Waals surface area (Å²) < 4.78 is 2.52. The Labute approximate surface area is 127 Å². The van der Waals surface area contributed by atoms with Gasteiger partial charge in [0, 0.05) is 24.3 Å². The summed E-state index contributed by atoms with van der Waals surface area (Å²) >= 11 is 1.18. The summed E-state index contributed by atoms with van der Waals surface area (Å²) in [7, 11) is 1.80. The van der Waals surface area contributed by atoms with Gasteiger partial charge in [0.15, 0.2) is 5.16 Å². The van der Waals surface area contributed by atoms with Crippen LogP contribution in [0, 0.1) is 0 Å². The molecule has 2 heterocycles. The fraction of sp³-hybridized carbons (Fsp3) is 0.0769. The highest BCUT2D eigenvalue weighted by Crippen LogP contribution is 2.32. The van der Waals surface area contributed by atoms with Gasteiger partial charge < -0.3 is 9.67 Å². The van der Waals surface area contributed by atoms with Crippen molar-refractivity contribution in [1.82, 2.24) is 14.2 Å². The zero-order valence-electron chi connectivity index (χ0n) is 11.3. The molecular weight excluding hydrogens is 308 g/mol. The van der Waals surface area contributed by atoms with Crippen molar-refractivity contribution in [2.75, 3.05) is 5.43 Å². The van der Waals surface area contributed by atoms with E-state index in [0.717, 1.165) is 4.68 Å². The van der Waals surface area contributed by atoms with Crippen LogP contribution in [0.1, 0.15) is 10.4 Å². The smallest absolute Gasteiger partial charge is 0.340 e. The van der Waals surface area contributed by atoms with E-state index >= 15 is 0 Å². The van der Waals surface area contributed by atoms with Gasteiger partial charge in [0.25, 0.3) is 0 Å². The predicted molar refractivity (Wildman–Crippen MR) is 79.1 cm³/mol. The monoisotopic (exact) mass is 318 g/mol. The summed E-state index contributed by atoms with van der Waals surface area (Å²) in [4.78, 5) is 38.2. The van der Waals surface area contributed by atoms with Crippen molar-refractivity contribution in [3.63, 3.8) is 0 Å². The molecule has 0 saturated carbocycles. The molecule has 8 nitrogen and oxygen atoms in total. The molecule has 3 rings (SSSR count). The molecule has 2 N–H and O–H groups in total. The van der Waals surface area contributed by atoms with E-state index in [9.17, 15) is 19.5 Å². The van der Waals surface area contributed by atoms with Crippen molar-refractivity contribution >= 4 is 23.4 Å². The number of nitrogens with one attached hydrogen (secondary N) is 1. The van der Waals surface area contributed by atoms with E-state index in [1.54, 1.807) is 36.1 Å². The van der Waals surface area contributed by atoms with Crippen LogP contribution in [0.4, 0.5) is 5.69 Å². The largest absolute Gasteiger partial charge is 0.478 e. The van der Waals surface area contributed by atoms with Gasteiger partial charge in [0.1, 0.15) is 0 Å². The maximum absolute atomic E-state index is 11.6. The third-order valence-corrected chi connectivity index (χ3v) is 4.13. The lowest BCUT2D eigenvalue weighted by molar-refractivity contribution is 0.0694. The highest BCUT2D eigenvalue weighted by molar-refractivity contribution is 7.99. The van der Waals surface area contributed by atoms with E-state index in [1.807, 2.05) is 0 Å². The number of imidazole rings is 1. The van der Waals surface area contributed by atoms with Gasteiger partial charge in [-0.2, -0.15) is 4.68 Å². The first-order valence-electron chi connectivity index (χ1n) is 6.15. The summed E-state index contributed by atoms with van der Waals surface area (Å²) in [5.41, 5.74) is 1.27. The third kappa shape index (κ3) is 2.42. The van der Waals surface area contributed by atoms with Crippen LogP contribution >= 0.6 is 11.8 Å². The molecule has 0 amide bonds. The van der Waals surface area contributed by atoms with Gasteiger partial charge in [0.2, 0.25) is 0 Å². The molecule has 2 aromatic heterocycles. The van der Waals surface area contributed by atoms with Crippen LogP contribution in [0.15, 0.2) is 50.2 Å². The molecule has 0 unspecified atom stereocenters. The molecular formula is C13H10N4O4S. The summed E-state index contributed by atoms with van der Waals surface area (Å²) in [6, 6.07) is 4.77. The number of benzene rings is 1. The van der Waals surface area contributed by atoms with Crippen molar-refractivity contribution in [2.45, 2.75) is 10.1 Å². The number of rotatable bonds is 5. The van der Waals surface area contributed by atoms with Crippen LogP contribution < -0.4 is 16.5 Å². The maximum Gasteiger partial charge on any atom is 0.340 e. The summed E-state index contributed by atoms with van der Waals surface area (Å²) in [6.07, 6.45) is 3.36. The molecule has 0 atom stereocenters. The van der Waals surface area contributed by atoms with E-state index in [0.29, 0.717) is 10.1 Å². The number of anilines is 1. The molecule has 0 bridgehead atoms. The zero-order valence-corrected chi connectivity index (χ0v) is 12.1. The maximum atomic E-state index is 11.6. The Kier molecular flexibility index (Phi) is 3.33. The van der Waals surface area contributed by atoms with E-state index < -0.39 is 17.1 Å². The molecule has 1 aromatic carbocycles. The standard InChI is InChI=1S/C13H10N4O4S/c1-16-6-5-14-13(16)22-8-4-2-3-7(9(8)12(20)21)15-17-10(18)11(17)19/h2-6,15H,1H3,(H,20,21). The second kappa shape index (κ2) is 5.19. The zero-order chi connectivity index (χ0) is 15.9. The van der Waals surface area contributed by atoms with Gasteiger partial charge >= 0.3 is 17.1 Å². The molecule has 0 spiro atoms. The van der Waals surface area contributed by atoms with Gasteiger partial charge in [-0.15, -0.1) is 0 Å². The number of aromatic carboxylic acids is 1. The number of nitrogens with zero attached hydrogens (tertiary/aromatic N) is 3. The molecule has 0 aliphatic heterocycles. The Morgan fingerprint density at radius 3 is 2.59 bits per heavy atom. The van der Waals surface area contributed by atoms with Crippen molar-refractivity contribution in [3.8, 4) is 0 Å². The van der Waals surface area contributed by atoms with E-state index in [-0.39, 0.29) is 11.3 Å². The molecule has 9 heteroatoms. The number of aryl methyl sites for hydroxylation is 1. The normalized spacial score (nSPS) is 11.0. The molecule has 112 valence electrons. The third-order valence-electron chi connectivity index (χ3n) is 2.99. The number of aromatic nitrogens is 3. The predicted octanol–water partition coefficient (Wildman–Crippen LogP) is 0.542. The summed E-state index contributed by atoms with van der Waals surface area (Å²) in [5.74, 6) is -1.17. The van der Waals surface area contributed by atoms with Crippen molar-refractivity contribution < 1.29 is 9.90 Å². The molecule has 0 aliphatic rings. The van der Waals surface area contributed by atoms with Crippen LogP contribution in [-0.2, 0) is 7.05 Å². The van der Waals surface area contributed by atoms with Crippen LogP contribution in [0.2, 0.25) is 0 Å². The fourth-order valence-corrected chi connectivity index (χ4v) is 2.80. The van der Waals surface area contributed by atoms with Gasteiger partial charge in [-0.3, -0.25) is 15.0 Å². The highest BCUT2D eigenvalue weighted by Gasteiger charge is 2.22. The minimum Gasteiger partial charge on any atom is -0.478 e. The SMILES string of the molecule is Cn1ccnc1Sc1cccc(Nn2c(=O)c2=O)c1C(=O)O. The minimum atomic E-state index is -1.17. The second-order valence-electron chi connectivity index (χ2n) is 4.46. The number of hydrogen-bond acceptors (Lipinski definition) is 6. The number of hydrogen-bond donors (Lipinski definition) is 2. The van der Waals surface area contributed by atoms with Crippen molar-refractivity contribution in [3.05, 3.63) is 56.9 Å². The Balaban J connectivity index is 2.01. The van der Waals surface area contributed by atoms with Gasteiger partial charge in [-0.1, -0.05) is 17.8 Å². The lowest BCUT2D eigenvalue weighted by atomic mass is 10.2. The molecule has 22 heavy (non-hydrogen) atoms. The van der Waals surface area contributed by atoms with Gasteiger partial charge in [0.05, 0.1) is 11.3 Å². The van der Waals surface area contributed by atoms with Crippen LogP contribution in [0.5, 0.6) is 0 Å². The van der Waals surface area contributed by atoms with E-state index in [2.05, 4.69) is 10.4 Å². The average Bonchev–Trinajstić information content (AvgIpc) is 2.84. The van der Waals surface area contributed by atoms with E-state index in [1.165, 1.54) is 17.8 Å². The number of carboxylic acid groups (broad SMARTS) is 1. The average molecular weight is 318 g/mol. The number of carbonyl (C=O) groups is 1. The quantitative estimate of drug-likeness (QED) is 0.661. The molecule has 0 fully saturated rings. The van der Waals surface area contributed by atoms with Gasteiger partial charge in [-0.05, 0) is 12.1 Å². The lowest BCUT2D eigenvalue weighted by Crippen LogP contribution is -2.12. The number of carboxylic acids is 1. The molecule has 0 saturated heterocycles. The topological polar surface area (TPSA) is 106 Å². The Bertz CT molecular complexity index is 910. The van der Waals surface area contributed by atoms with Crippen LogP contribution in [0.25, 0.3) is 0 Å². The first-order valence-corrected chi connectivity index (χ1v) is 6.97. The first-order chi connectivity index (χ1) is 10.5. The highest BCUT2D eigenvalue weighted by atomic mass is 32.2. The second-order valence-corrected chi connectivity index (χ2v) is 5.47. The van der Waals surface area contributed by atoms with Crippen molar-refractivity contribution in [2.24, 2.45) is 7.05 Å². The Morgan fingerprint density at radius 2 is 2.05 bits per heavy atom. The summed E-state index contributed by atoms with van der Waals surface area (Å²) in [5, 5.41) is 10.1. The van der Waals surface area contributed by atoms with E-state index in [4.69, 9.17) is 0 Å². The van der Waals surface area contributed by atoms with Crippen LogP contribution in [-0.4, -0.2) is 25.3 Å². The van der Waals surface area contributed by atoms with Crippen molar-refractivity contribution in [1.29, 1.82) is 0 Å². The minimum absolute atomic E-state index is 0.0250. The molecule has 3 aromatic rings. The fourth-order valence-electron chi connectivity index (χ4n) is 1.84. The molecule has 0 aliphatic carbocycles. The Hall–Kier alpha value is -2.81. The molecule has 0 radical (unpaired) electrons. The first kappa shape index (κ1) is 14.1. The lowest BCUT2D eigenvalue weighted by Gasteiger charge is -2.11. The summed E-state index contributed by atoms with van der Waals surface area (Å²) in [6.45, 7) is 0. The Morgan fingerprint density at radius 1 is 1.32 bits per heavy atom. The van der Waals surface area contributed by atoms with Crippen LogP contribution in [0.3, 0.4) is 0 Å². The van der Waals surface area contributed by atoms with Gasteiger partial charge in [-0.25, -0.2) is 9.78 Å².